The summed E-state index contributed by atoms with van der Waals surface area (Å²) in [4.78, 5) is 18.4. The molecule has 0 saturated carbocycles. The van der Waals surface area contributed by atoms with Crippen LogP contribution in [0.1, 0.15) is 18.4 Å². The van der Waals surface area contributed by atoms with Gasteiger partial charge in [-0.1, -0.05) is 6.07 Å². The van der Waals surface area contributed by atoms with Crippen molar-refractivity contribution in [3.63, 3.8) is 0 Å². The molecule has 1 aliphatic heterocycles. The lowest BCUT2D eigenvalue weighted by Crippen LogP contribution is -2.42. The Labute approximate surface area is 141 Å². The highest BCUT2D eigenvalue weighted by molar-refractivity contribution is 5.78. The van der Waals surface area contributed by atoms with E-state index >= 15 is 0 Å². The molecule has 1 fully saturated rings. The van der Waals surface area contributed by atoms with Gasteiger partial charge in [0.2, 0.25) is 5.91 Å². The molecule has 3 rings (SSSR count). The van der Waals surface area contributed by atoms with E-state index in [-0.39, 0.29) is 11.7 Å². The molecule has 1 aromatic heterocycles. The van der Waals surface area contributed by atoms with Crippen LogP contribution < -0.4 is 4.74 Å². The number of nitrogens with zero attached hydrogens (tertiary/aromatic N) is 2. The highest BCUT2D eigenvalue weighted by atomic mass is 19.1. The predicted octanol–water partition coefficient (Wildman–Crippen LogP) is 3.08. The molecule has 2 aromatic rings. The summed E-state index contributed by atoms with van der Waals surface area (Å²) in [7, 11) is 0. The van der Waals surface area contributed by atoms with E-state index in [1.807, 2.05) is 17.0 Å². The molecule has 0 radical (unpaired) electrons. The first-order valence-corrected chi connectivity index (χ1v) is 8.26. The maximum absolute atomic E-state index is 12.9. The zero-order valence-electron chi connectivity index (χ0n) is 13.5. The molecule has 5 heteroatoms. The van der Waals surface area contributed by atoms with Gasteiger partial charge < -0.3 is 9.64 Å². The van der Waals surface area contributed by atoms with Crippen molar-refractivity contribution in [3.05, 3.63) is 60.2 Å². The highest BCUT2D eigenvalue weighted by Crippen LogP contribution is 2.20. The average Bonchev–Trinajstić information content (AvgIpc) is 2.62. The Morgan fingerprint density at radius 1 is 1.29 bits per heavy atom. The standard InChI is InChI=1S/C19H21FN2O2/c20-17-5-7-18(8-6-17)24-14-16-4-2-10-22(13-16)19(23)11-15-3-1-9-21-12-15/h1,3,5-9,12,16H,2,4,10-11,13-14H2/t16-/m1/s1. The van der Waals surface area contributed by atoms with Crippen LogP contribution in [0.5, 0.6) is 5.75 Å². The Morgan fingerprint density at radius 3 is 2.88 bits per heavy atom. The number of benzene rings is 1. The summed E-state index contributed by atoms with van der Waals surface area (Å²) in [6, 6.07) is 9.80. The van der Waals surface area contributed by atoms with Crippen LogP contribution in [0.15, 0.2) is 48.8 Å². The summed E-state index contributed by atoms with van der Waals surface area (Å²) < 4.78 is 18.6. The maximum Gasteiger partial charge on any atom is 0.227 e. The molecule has 0 bridgehead atoms. The van der Waals surface area contributed by atoms with Crippen molar-refractivity contribution in [1.82, 2.24) is 9.88 Å². The number of likely N-dealkylation sites (tertiary alicyclic amines) is 1. The maximum atomic E-state index is 12.9. The number of carbonyl (C=O) groups is 1. The van der Waals surface area contributed by atoms with Crippen LogP contribution in [0.25, 0.3) is 0 Å². The number of aromatic nitrogens is 1. The lowest BCUT2D eigenvalue weighted by Gasteiger charge is -2.32. The topological polar surface area (TPSA) is 42.4 Å². The quantitative estimate of drug-likeness (QED) is 0.847. The fraction of sp³-hybridized carbons (Fsp3) is 0.368. The van der Waals surface area contributed by atoms with E-state index in [4.69, 9.17) is 4.74 Å². The average molecular weight is 328 g/mol. The molecule has 0 N–H and O–H groups in total. The van der Waals surface area contributed by atoms with E-state index in [0.29, 0.717) is 31.2 Å². The van der Waals surface area contributed by atoms with Crippen molar-refractivity contribution >= 4 is 5.91 Å². The minimum absolute atomic E-state index is 0.134. The van der Waals surface area contributed by atoms with Gasteiger partial charge in [-0.05, 0) is 48.7 Å². The molecule has 126 valence electrons. The molecule has 1 amide bonds. The summed E-state index contributed by atoms with van der Waals surface area (Å²) >= 11 is 0. The van der Waals surface area contributed by atoms with Gasteiger partial charge in [0.15, 0.2) is 0 Å². The molecule has 0 aliphatic carbocycles. The molecular formula is C19H21FN2O2. The zero-order valence-corrected chi connectivity index (χ0v) is 13.5. The van der Waals surface area contributed by atoms with Crippen LogP contribution >= 0.6 is 0 Å². The SMILES string of the molecule is O=C(Cc1cccnc1)N1CCC[C@@H](COc2ccc(F)cc2)C1. The van der Waals surface area contributed by atoms with Gasteiger partial charge >= 0.3 is 0 Å². The van der Waals surface area contributed by atoms with Gasteiger partial charge in [-0.2, -0.15) is 0 Å². The van der Waals surface area contributed by atoms with E-state index in [0.717, 1.165) is 24.9 Å². The number of ether oxygens (including phenoxy) is 1. The van der Waals surface area contributed by atoms with E-state index in [2.05, 4.69) is 4.98 Å². The largest absolute Gasteiger partial charge is 0.493 e. The summed E-state index contributed by atoms with van der Waals surface area (Å²) in [6.07, 6.45) is 5.85. The van der Waals surface area contributed by atoms with E-state index < -0.39 is 0 Å². The molecule has 2 heterocycles. The van der Waals surface area contributed by atoms with Gasteiger partial charge in [-0.25, -0.2) is 4.39 Å². The van der Waals surface area contributed by atoms with Crippen LogP contribution in [-0.2, 0) is 11.2 Å². The lowest BCUT2D eigenvalue weighted by molar-refractivity contribution is -0.132. The van der Waals surface area contributed by atoms with Gasteiger partial charge in [0.1, 0.15) is 11.6 Å². The molecule has 1 atom stereocenters. The van der Waals surface area contributed by atoms with E-state index in [9.17, 15) is 9.18 Å². The second-order valence-electron chi connectivity index (χ2n) is 6.15. The van der Waals surface area contributed by atoms with Gasteiger partial charge in [0, 0.05) is 31.4 Å². The van der Waals surface area contributed by atoms with Crippen LogP contribution in [-0.4, -0.2) is 35.5 Å². The summed E-state index contributed by atoms with van der Waals surface area (Å²) in [5.74, 6) is 0.832. The van der Waals surface area contributed by atoms with Gasteiger partial charge in [-0.3, -0.25) is 9.78 Å². The Morgan fingerprint density at radius 2 is 2.12 bits per heavy atom. The van der Waals surface area contributed by atoms with Crippen molar-refractivity contribution in [2.24, 2.45) is 5.92 Å². The fourth-order valence-corrected chi connectivity index (χ4v) is 2.96. The number of hydrogen-bond donors (Lipinski definition) is 0. The van der Waals surface area contributed by atoms with E-state index in [1.54, 1.807) is 24.5 Å². The van der Waals surface area contributed by atoms with Crippen molar-refractivity contribution in [3.8, 4) is 5.75 Å². The molecular weight excluding hydrogens is 307 g/mol. The Bertz CT molecular complexity index is 661. The smallest absolute Gasteiger partial charge is 0.227 e. The fourth-order valence-electron chi connectivity index (χ4n) is 2.96. The van der Waals surface area contributed by atoms with E-state index in [1.165, 1.54) is 12.1 Å². The Balaban J connectivity index is 1.50. The number of carbonyl (C=O) groups excluding carboxylic acids is 1. The first-order chi connectivity index (χ1) is 11.7. The summed E-state index contributed by atoms with van der Waals surface area (Å²) in [6.45, 7) is 2.05. The molecule has 0 unspecified atom stereocenters. The molecule has 24 heavy (non-hydrogen) atoms. The summed E-state index contributed by atoms with van der Waals surface area (Å²) in [5, 5.41) is 0. The first kappa shape index (κ1) is 16.4. The third-order valence-electron chi connectivity index (χ3n) is 4.25. The molecule has 4 nitrogen and oxygen atoms in total. The molecule has 1 saturated heterocycles. The number of rotatable bonds is 5. The Kier molecular flexibility index (Phi) is 5.41. The van der Waals surface area contributed by atoms with Crippen LogP contribution in [0.4, 0.5) is 4.39 Å². The number of hydrogen-bond acceptors (Lipinski definition) is 3. The minimum Gasteiger partial charge on any atom is -0.493 e. The van der Waals surface area contributed by atoms with Crippen molar-refractivity contribution < 1.29 is 13.9 Å². The lowest BCUT2D eigenvalue weighted by atomic mass is 9.98. The Hall–Kier alpha value is -2.43. The third-order valence-corrected chi connectivity index (χ3v) is 4.25. The van der Waals surface area contributed by atoms with Crippen LogP contribution in [0.2, 0.25) is 0 Å². The number of amides is 1. The molecule has 1 aromatic carbocycles. The van der Waals surface area contributed by atoms with Crippen molar-refractivity contribution in [1.29, 1.82) is 0 Å². The van der Waals surface area contributed by atoms with Crippen molar-refractivity contribution in [2.75, 3.05) is 19.7 Å². The second-order valence-corrected chi connectivity index (χ2v) is 6.15. The van der Waals surface area contributed by atoms with Gasteiger partial charge in [0.05, 0.1) is 13.0 Å². The molecule has 0 spiro atoms. The zero-order chi connectivity index (χ0) is 16.8. The monoisotopic (exact) mass is 328 g/mol. The van der Waals surface area contributed by atoms with Gasteiger partial charge in [-0.15, -0.1) is 0 Å². The third kappa shape index (κ3) is 4.54. The summed E-state index contributed by atoms with van der Waals surface area (Å²) in [5.41, 5.74) is 0.937. The van der Waals surface area contributed by atoms with Gasteiger partial charge in [0.25, 0.3) is 0 Å². The first-order valence-electron chi connectivity index (χ1n) is 8.26. The van der Waals surface area contributed by atoms with Crippen LogP contribution in [0, 0.1) is 11.7 Å². The normalized spacial score (nSPS) is 17.5. The molecule has 1 aliphatic rings. The van der Waals surface area contributed by atoms with Crippen molar-refractivity contribution in [2.45, 2.75) is 19.3 Å². The number of halogens is 1. The predicted molar refractivity (Wildman–Crippen MR) is 89.1 cm³/mol. The second kappa shape index (κ2) is 7.90. The van der Waals surface area contributed by atoms with Crippen LogP contribution in [0.3, 0.4) is 0 Å². The highest BCUT2D eigenvalue weighted by Gasteiger charge is 2.24. The minimum atomic E-state index is -0.271. The number of piperidine rings is 1. The number of pyridine rings is 1.